The third kappa shape index (κ3) is 3.36. The van der Waals surface area contributed by atoms with Crippen LogP contribution in [0.4, 0.5) is 0 Å². The number of fused-ring (bicyclic) bond motifs is 1. The molecule has 1 atom stereocenters. The molecular formula is C23H17N3O2. The largest absolute Gasteiger partial charge is 0.355 e. The lowest BCUT2D eigenvalue weighted by Crippen LogP contribution is -2.26. The number of nitriles is 1. The SMILES string of the molecule is CC(NC(=O)c1ccc2noc(-c3ccccc3)c2c1)c1ccc(C#N)cc1. The quantitative estimate of drug-likeness (QED) is 0.559. The Morgan fingerprint density at radius 1 is 1.07 bits per heavy atom. The minimum Gasteiger partial charge on any atom is -0.355 e. The molecule has 3 aromatic carbocycles. The van der Waals surface area contributed by atoms with Crippen molar-refractivity contribution in [3.8, 4) is 17.4 Å². The Morgan fingerprint density at radius 3 is 2.54 bits per heavy atom. The van der Waals surface area contributed by atoms with Crippen LogP contribution in [-0.4, -0.2) is 11.1 Å². The molecule has 28 heavy (non-hydrogen) atoms. The Balaban J connectivity index is 1.59. The first kappa shape index (κ1) is 17.5. The topological polar surface area (TPSA) is 78.9 Å². The van der Waals surface area contributed by atoms with Gasteiger partial charge in [0.1, 0.15) is 5.52 Å². The maximum atomic E-state index is 12.8. The standard InChI is InChI=1S/C23H17N3O2/c1-15(17-9-7-16(14-24)8-10-17)25-23(27)19-11-12-21-20(13-19)22(28-26-21)18-5-3-2-4-6-18/h2-13,15H,1H3,(H,25,27). The Kier molecular flexibility index (Phi) is 4.61. The van der Waals surface area contributed by atoms with Crippen LogP contribution in [0.25, 0.3) is 22.2 Å². The van der Waals surface area contributed by atoms with E-state index in [4.69, 9.17) is 9.78 Å². The molecule has 0 aliphatic rings. The van der Waals surface area contributed by atoms with Crippen LogP contribution in [0.3, 0.4) is 0 Å². The minimum atomic E-state index is -0.188. The number of hydrogen-bond acceptors (Lipinski definition) is 4. The molecule has 1 unspecified atom stereocenters. The van der Waals surface area contributed by atoms with Crippen LogP contribution in [0.5, 0.6) is 0 Å². The molecule has 0 spiro atoms. The van der Waals surface area contributed by atoms with Crippen LogP contribution in [0.15, 0.2) is 77.3 Å². The van der Waals surface area contributed by atoms with E-state index in [1.807, 2.05) is 49.4 Å². The number of rotatable bonds is 4. The summed E-state index contributed by atoms with van der Waals surface area (Å²) >= 11 is 0. The summed E-state index contributed by atoms with van der Waals surface area (Å²) in [6.07, 6.45) is 0. The van der Waals surface area contributed by atoms with E-state index >= 15 is 0 Å². The maximum Gasteiger partial charge on any atom is 0.251 e. The zero-order valence-corrected chi connectivity index (χ0v) is 15.2. The molecule has 5 nitrogen and oxygen atoms in total. The monoisotopic (exact) mass is 367 g/mol. The number of hydrogen-bond donors (Lipinski definition) is 1. The Bertz CT molecular complexity index is 1170. The summed E-state index contributed by atoms with van der Waals surface area (Å²) in [4.78, 5) is 12.8. The van der Waals surface area contributed by atoms with Crippen molar-refractivity contribution >= 4 is 16.8 Å². The molecule has 136 valence electrons. The predicted molar refractivity (Wildman–Crippen MR) is 106 cm³/mol. The molecule has 0 aliphatic heterocycles. The molecule has 0 aliphatic carbocycles. The van der Waals surface area contributed by atoms with E-state index in [0.29, 0.717) is 22.4 Å². The van der Waals surface area contributed by atoms with Crippen molar-refractivity contribution in [1.29, 1.82) is 5.26 Å². The molecular weight excluding hydrogens is 350 g/mol. The van der Waals surface area contributed by atoms with Gasteiger partial charge in [0.15, 0.2) is 5.76 Å². The van der Waals surface area contributed by atoms with Crippen molar-refractivity contribution in [2.45, 2.75) is 13.0 Å². The fraction of sp³-hybridized carbons (Fsp3) is 0.0870. The van der Waals surface area contributed by atoms with E-state index in [0.717, 1.165) is 16.5 Å². The molecule has 0 saturated heterocycles. The number of amides is 1. The molecule has 0 bridgehead atoms. The van der Waals surface area contributed by atoms with Gasteiger partial charge in [0, 0.05) is 11.1 Å². The van der Waals surface area contributed by atoms with Crippen LogP contribution >= 0.6 is 0 Å². The molecule has 0 saturated carbocycles. The van der Waals surface area contributed by atoms with E-state index in [-0.39, 0.29) is 11.9 Å². The molecule has 4 aromatic rings. The molecule has 0 fully saturated rings. The first-order chi connectivity index (χ1) is 13.7. The zero-order valence-electron chi connectivity index (χ0n) is 15.2. The van der Waals surface area contributed by atoms with Crippen molar-refractivity contribution < 1.29 is 9.32 Å². The van der Waals surface area contributed by atoms with Crippen molar-refractivity contribution in [2.24, 2.45) is 0 Å². The highest BCUT2D eigenvalue weighted by molar-refractivity contribution is 6.01. The van der Waals surface area contributed by atoms with Crippen LogP contribution < -0.4 is 5.32 Å². The lowest BCUT2D eigenvalue weighted by atomic mass is 10.0. The third-order valence-corrected chi connectivity index (χ3v) is 4.66. The summed E-state index contributed by atoms with van der Waals surface area (Å²) < 4.78 is 5.50. The number of carbonyl (C=O) groups is 1. The van der Waals surface area contributed by atoms with E-state index in [1.165, 1.54) is 0 Å². The van der Waals surface area contributed by atoms with Gasteiger partial charge in [-0.2, -0.15) is 5.26 Å². The van der Waals surface area contributed by atoms with E-state index in [2.05, 4.69) is 16.5 Å². The number of aromatic nitrogens is 1. The summed E-state index contributed by atoms with van der Waals surface area (Å²) in [7, 11) is 0. The summed E-state index contributed by atoms with van der Waals surface area (Å²) in [5, 5.41) is 16.8. The lowest BCUT2D eigenvalue weighted by Gasteiger charge is -2.14. The number of benzene rings is 3. The first-order valence-corrected chi connectivity index (χ1v) is 8.91. The summed E-state index contributed by atoms with van der Waals surface area (Å²) in [6.45, 7) is 1.91. The Hall–Kier alpha value is -3.91. The van der Waals surface area contributed by atoms with Gasteiger partial charge in [-0.3, -0.25) is 4.79 Å². The fourth-order valence-corrected chi connectivity index (χ4v) is 3.09. The van der Waals surface area contributed by atoms with Gasteiger partial charge in [-0.15, -0.1) is 0 Å². The number of nitrogens with one attached hydrogen (secondary N) is 1. The molecule has 1 N–H and O–H groups in total. The van der Waals surface area contributed by atoms with E-state index in [9.17, 15) is 4.79 Å². The minimum absolute atomic E-state index is 0.182. The fourth-order valence-electron chi connectivity index (χ4n) is 3.09. The lowest BCUT2D eigenvalue weighted by molar-refractivity contribution is 0.0940. The van der Waals surface area contributed by atoms with Gasteiger partial charge in [0.2, 0.25) is 0 Å². The van der Waals surface area contributed by atoms with Gasteiger partial charge >= 0.3 is 0 Å². The molecule has 4 rings (SSSR count). The number of carbonyl (C=O) groups excluding carboxylic acids is 1. The second-order valence-corrected chi connectivity index (χ2v) is 6.54. The molecule has 5 heteroatoms. The van der Waals surface area contributed by atoms with E-state index in [1.54, 1.807) is 30.3 Å². The molecule has 1 amide bonds. The van der Waals surface area contributed by atoms with Gasteiger partial charge < -0.3 is 9.84 Å². The second-order valence-electron chi connectivity index (χ2n) is 6.54. The van der Waals surface area contributed by atoms with Gasteiger partial charge in [0.25, 0.3) is 5.91 Å². The highest BCUT2D eigenvalue weighted by atomic mass is 16.5. The van der Waals surface area contributed by atoms with Gasteiger partial charge in [0.05, 0.1) is 23.1 Å². The second kappa shape index (κ2) is 7.37. The summed E-state index contributed by atoms with van der Waals surface area (Å²) in [6, 6.07) is 24.1. The average Bonchev–Trinajstić information content (AvgIpc) is 3.17. The molecule has 0 radical (unpaired) electrons. The van der Waals surface area contributed by atoms with Gasteiger partial charge in [-0.25, -0.2) is 0 Å². The third-order valence-electron chi connectivity index (χ3n) is 4.66. The summed E-state index contributed by atoms with van der Waals surface area (Å²) in [5.74, 6) is 0.462. The predicted octanol–water partition coefficient (Wildman–Crippen LogP) is 4.86. The van der Waals surface area contributed by atoms with Crippen molar-refractivity contribution in [2.75, 3.05) is 0 Å². The highest BCUT2D eigenvalue weighted by Gasteiger charge is 2.16. The molecule has 1 heterocycles. The van der Waals surface area contributed by atoms with Gasteiger partial charge in [-0.05, 0) is 42.8 Å². The normalized spacial score (nSPS) is 11.7. The highest BCUT2D eigenvalue weighted by Crippen LogP contribution is 2.29. The van der Waals surface area contributed by atoms with Crippen molar-refractivity contribution in [1.82, 2.24) is 10.5 Å². The van der Waals surface area contributed by atoms with E-state index < -0.39 is 0 Å². The molecule has 1 aromatic heterocycles. The van der Waals surface area contributed by atoms with Crippen LogP contribution in [0.2, 0.25) is 0 Å². The Labute approximate surface area is 162 Å². The van der Waals surface area contributed by atoms with Crippen LogP contribution in [-0.2, 0) is 0 Å². The maximum absolute atomic E-state index is 12.8. The zero-order chi connectivity index (χ0) is 19.5. The van der Waals surface area contributed by atoms with Crippen molar-refractivity contribution in [3.63, 3.8) is 0 Å². The average molecular weight is 367 g/mol. The first-order valence-electron chi connectivity index (χ1n) is 8.91. The number of nitrogens with zero attached hydrogens (tertiary/aromatic N) is 2. The smallest absolute Gasteiger partial charge is 0.251 e. The van der Waals surface area contributed by atoms with Crippen molar-refractivity contribution in [3.05, 3.63) is 89.5 Å². The van der Waals surface area contributed by atoms with Crippen LogP contribution in [0.1, 0.15) is 34.5 Å². The summed E-state index contributed by atoms with van der Waals surface area (Å²) in [5.41, 5.74) is 3.68. The van der Waals surface area contributed by atoms with Crippen LogP contribution in [0, 0.1) is 11.3 Å². The van der Waals surface area contributed by atoms with Gasteiger partial charge in [-0.1, -0.05) is 47.6 Å². The Morgan fingerprint density at radius 2 is 1.82 bits per heavy atom.